The standard InChI is InChI=1S/C16H24Cl2N2O/c1-4-5-13(9-19)16(21)20(11(2)3)10-12-6-7-14(17)15(18)8-12/h6-8,11,13H,4-5,9-10,19H2,1-3H3. The molecule has 1 aromatic rings. The van der Waals surface area contributed by atoms with Crippen LogP contribution in [0.4, 0.5) is 0 Å². The second-order valence-corrected chi connectivity index (χ2v) is 6.34. The molecular formula is C16H24Cl2N2O. The van der Waals surface area contributed by atoms with Crippen LogP contribution in [0.3, 0.4) is 0 Å². The topological polar surface area (TPSA) is 46.3 Å². The van der Waals surface area contributed by atoms with E-state index < -0.39 is 0 Å². The first-order chi connectivity index (χ1) is 9.90. The summed E-state index contributed by atoms with van der Waals surface area (Å²) in [5.74, 6) is 0.000551. The van der Waals surface area contributed by atoms with Gasteiger partial charge in [-0.25, -0.2) is 0 Å². The maximum absolute atomic E-state index is 12.6. The van der Waals surface area contributed by atoms with Crippen LogP contribution in [0.25, 0.3) is 0 Å². The van der Waals surface area contributed by atoms with Crippen LogP contribution in [0.5, 0.6) is 0 Å². The zero-order valence-corrected chi connectivity index (χ0v) is 14.4. The summed E-state index contributed by atoms with van der Waals surface area (Å²) >= 11 is 12.0. The van der Waals surface area contributed by atoms with Crippen molar-refractivity contribution in [3.8, 4) is 0 Å². The van der Waals surface area contributed by atoms with E-state index >= 15 is 0 Å². The molecule has 0 aliphatic rings. The van der Waals surface area contributed by atoms with Gasteiger partial charge in [0.05, 0.1) is 16.0 Å². The summed E-state index contributed by atoms with van der Waals surface area (Å²) in [6.07, 6.45) is 1.77. The Balaban J connectivity index is 2.91. The molecule has 1 aromatic carbocycles. The van der Waals surface area contributed by atoms with Crippen molar-refractivity contribution in [2.45, 2.75) is 46.2 Å². The number of carbonyl (C=O) groups excluding carboxylic acids is 1. The first kappa shape index (κ1) is 18.3. The highest BCUT2D eigenvalue weighted by Crippen LogP contribution is 2.24. The Kier molecular flexibility index (Phi) is 7.50. The Morgan fingerprint density at radius 3 is 2.43 bits per heavy atom. The van der Waals surface area contributed by atoms with Crippen LogP contribution >= 0.6 is 23.2 Å². The van der Waals surface area contributed by atoms with Gasteiger partial charge in [0.2, 0.25) is 5.91 Å². The number of amides is 1. The Labute approximate surface area is 137 Å². The van der Waals surface area contributed by atoms with E-state index in [1.54, 1.807) is 6.07 Å². The summed E-state index contributed by atoms with van der Waals surface area (Å²) in [6.45, 7) is 6.99. The number of hydrogen-bond acceptors (Lipinski definition) is 2. The first-order valence-corrected chi connectivity index (χ1v) is 8.10. The molecule has 0 heterocycles. The molecule has 1 rings (SSSR count). The fourth-order valence-corrected chi connectivity index (χ4v) is 2.60. The first-order valence-electron chi connectivity index (χ1n) is 7.35. The van der Waals surface area contributed by atoms with Gasteiger partial charge in [0, 0.05) is 19.1 Å². The van der Waals surface area contributed by atoms with Crippen LogP contribution in [0.2, 0.25) is 10.0 Å². The van der Waals surface area contributed by atoms with Crippen molar-refractivity contribution in [3.63, 3.8) is 0 Å². The number of benzene rings is 1. The van der Waals surface area contributed by atoms with Crippen molar-refractivity contribution in [1.82, 2.24) is 4.90 Å². The molecule has 0 aliphatic carbocycles. The minimum Gasteiger partial charge on any atom is -0.336 e. The average Bonchev–Trinajstić information content (AvgIpc) is 2.44. The quantitative estimate of drug-likeness (QED) is 0.817. The molecule has 1 unspecified atom stereocenters. The van der Waals surface area contributed by atoms with Crippen LogP contribution in [-0.2, 0) is 11.3 Å². The molecule has 0 saturated carbocycles. The number of nitrogens with two attached hydrogens (primary N) is 1. The fraction of sp³-hybridized carbons (Fsp3) is 0.562. The molecule has 0 bridgehead atoms. The van der Waals surface area contributed by atoms with Gasteiger partial charge in [0.25, 0.3) is 0 Å². The van der Waals surface area contributed by atoms with Gasteiger partial charge in [0.1, 0.15) is 0 Å². The Hall–Kier alpha value is -0.770. The van der Waals surface area contributed by atoms with Gasteiger partial charge in [-0.3, -0.25) is 4.79 Å². The van der Waals surface area contributed by atoms with E-state index in [0.717, 1.165) is 18.4 Å². The minimum absolute atomic E-state index is 0.109. The molecule has 21 heavy (non-hydrogen) atoms. The maximum Gasteiger partial charge on any atom is 0.227 e. The molecule has 3 nitrogen and oxygen atoms in total. The summed E-state index contributed by atoms with van der Waals surface area (Å²) in [7, 11) is 0. The van der Waals surface area contributed by atoms with Gasteiger partial charge in [-0.2, -0.15) is 0 Å². The molecule has 0 fully saturated rings. The lowest BCUT2D eigenvalue weighted by Crippen LogP contribution is -2.42. The predicted octanol–water partition coefficient (Wildman–Crippen LogP) is 4.11. The van der Waals surface area contributed by atoms with Crippen molar-refractivity contribution in [3.05, 3.63) is 33.8 Å². The third-order valence-corrected chi connectivity index (χ3v) is 4.25. The molecule has 1 atom stereocenters. The lowest BCUT2D eigenvalue weighted by Gasteiger charge is -2.30. The lowest BCUT2D eigenvalue weighted by atomic mass is 10.0. The molecule has 5 heteroatoms. The smallest absolute Gasteiger partial charge is 0.227 e. The summed E-state index contributed by atoms with van der Waals surface area (Å²) in [4.78, 5) is 14.5. The highest BCUT2D eigenvalue weighted by atomic mass is 35.5. The molecular weight excluding hydrogens is 307 g/mol. The Morgan fingerprint density at radius 1 is 1.29 bits per heavy atom. The number of nitrogens with zero attached hydrogens (tertiary/aromatic N) is 1. The van der Waals surface area contributed by atoms with Gasteiger partial charge in [0.15, 0.2) is 0 Å². The molecule has 2 N–H and O–H groups in total. The number of carbonyl (C=O) groups is 1. The van der Waals surface area contributed by atoms with E-state index in [-0.39, 0.29) is 17.9 Å². The second kappa shape index (κ2) is 8.62. The number of rotatable bonds is 7. The van der Waals surface area contributed by atoms with Crippen LogP contribution < -0.4 is 5.73 Å². The van der Waals surface area contributed by atoms with E-state index in [2.05, 4.69) is 6.92 Å². The SMILES string of the molecule is CCCC(CN)C(=O)N(Cc1ccc(Cl)c(Cl)c1)C(C)C. The summed E-state index contributed by atoms with van der Waals surface area (Å²) in [5.41, 5.74) is 6.72. The van der Waals surface area contributed by atoms with Crippen LogP contribution in [0.15, 0.2) is 18.2 Å². The Bertz CT molecular complexity index is 477. The van der Waals surface area contributed by atoms with Gasteiger partial charge in [-0.05, 0) is 38.0 Å². The van der Waals surface area contributed by atoms with Crippen LogP contribution in [0, 0.1) is 5.92 Å². The predicted molar refractivity (Wildman–Crippen MR) is 89.6 cm³/mol. The summed E-state index contributed by atoms with van der Waals surface area (Å²) in [5, 5.41) is 1.03. The zero-order chi connectivity index (χ0) is 16.0. The van der Waals surface area contributed by atoms with Crippen molar-refractivity contribution >= 4 is 29.1 Å². The largest absolute Gasteiger partial charge is 0.336 e. The third kappa shape index (κ3) is 5.17. The highest BCUT2D eigenvalue weighted by molar-refractivity contribution is 6.42. The zero-order valence-electron chi connectivity index (χ0n) is 12.9. The molecule has 0 saturated heterocycles. The number of hydrogen-bond donors (Lipinski definition) is 1. The monoisotopic (exact) mass is 330 g/mol. The summed E-state index contributed by atoms with van der Waals surface area (Å²) in [6, 6.07) is 5.57. The van der Waals surface area contributed by atoms with Crippen LogP contribution in [-0.4, -0.2) is 23.4 Å². The molecule has 118 valence electrons. The van der Waals surface area contributed by atoms with E-state index in [4.69, 9.17) is 28.9 Å². The van der Waals surface area contributed by atoms with E-state index in [9.17, 15) is 4.79 Å². The summed E-state index contributed by atoms with van der Waals surface area (Å²) < 4.78 is 0. The van der Waals surface area contributed by atoms with Crippen molar-refractivity contribution in [1.29, 1.82) is 0 Å². The van der Waals surface area contributed by atoms with E-state index in [1.807, 2.05) is 30.9 Å². The normalized spacial score (nSPS) is 12.5. The molecule has 0 aromatic heterocycles. The van der Waals surface area contributed by atoms with Gasteiger partial charge in [-0.1, -0.05) is 42.6 Å². The molecule has 0 spiro atoms. The second-order valence-electron chi connectivity index (χ2n) is 5.53. The third-order valence-electron chi connectivity index (χ3n) is 3.51. The minimum atomic E-state index is -0.111. The van der Waals surface area contributed by atoms with Crippen molar-refractivity contribution in [2.75, 3.05) is 6.54 Å². The molecule has 0 aliphatic heterocycles. The van der Waals surface area contributed by atoms with Crippen molar-refractivity contribution < 1.29 is 4.79 Å². The van der Waals surface area contributed by atoms with Crippen LogP contribution in [0.1, 0.15) is 39.2 Å². The van der Waals surface area contributed by atoms with Gasteiger partial charge >= 0.3 is 0 Å². The van der Waals surface area contributed by atoms with E-state index in [0.29, 0.717) is 23.1 Å². The highest BCUT2D eigenvalue weighted by Gasteiger charge is 2.24. The van der Waals surface area contributed by atoms with E-state index in [1.165, 1.54) is 0 Å². The molecule has 1 amide bonds. The van der Waals surface area contributed by atoms with Gasteiger partial charge < -0.3 is 10.6 Å². The van der Waals surface area contributed by atoms with Crippen molar-refractivity contribution in [2.24, 2.45) is 11.7 Å². The fourth-order valence-electron chi connectivity index (χ4n) is 2.27. The Morgan fingerprint density at radius 2 is 1.95 bits per heavy atom. The van der Waals surface area contributed by atoms with Gasteiger partial charge in [-0.15, -0.1) is 0 Å². The number of halogens is 2. The lowest BCUT2D eigenvalue weighted by molar-refractivity contribution is -0.137. The molecule has 0 radical (unpaired) electrons. The maximum atomic E-state index is 12.6. The average molecular weight is 331 g/mol.